The summed E-state index contributed by atoms with van der Waals surface area (Å²) < 4.78 is 0. The molecule has 0 spiro atoms. The van der Waals surface area contributed by atoms with E-state index in [-0.39, 0.29) is 5.54 Å². The van der Waals surface area contributed by atoms with Crippen LogP contribution in [-0.2, 0) is 0 Å². The Labute approximate surface area is 122 Å². The second-order valence-electron chi connectivity index (χ2n) is 5.72. The van der Waals surface area contributed by atoms with Gasteiger partial charge in [-0.3, -0.25) is 5.10 Å². The summed E-state index contributed by atoms with van der Waals surface area (Å²) in [6.45, 7) is 4.59. The van der Waals surface area contributed by atoms with Gasteiger partial charge in [-0.15, -0.1) is 0 Å². The van der Waals surface area contributed by atoms with Crippen molar-refractivity contribution in [2.24, 2.45) is 5.73 Å². The molecule has 3 aromatic rings. The zero-order chi connectivity index (χ0) is 14.9. The zero-order valence-electron chi connectivity index (χ0n) is 12.1. The molecular formula is C15H18N6. The first-order valence-corrected chi connectivity index (χ1v) is 6.82. The Morgan fingerprint density at radius 1 is 1.24 bits per heavy atom. The van der Waals surface area contributed by atoms with Crippen molar-refractivity contribution in [2.75, 3.05) is 11.9 Å². The topological polar surface area (TPSA) is 92.5 Å². The molecule has 0 aromatic carbocycles. The van der Waals surface area contributed by atoms with Gasteiger partial charge in [0.1, 0.15) is 5.82 Å². The predicted molar refractivity (Wildman–Crippen MR) is 83.9 cm³/mol. The molecule has 0 saturated heterocycles. The summed E-state index contributed by atoms with van der Waals surface area (Å²) in [6.07, 6.45) is 1.72. The Balaban J connectivity index is 1.92. The Morgan fingerprint density at radius 2 is 2.10 bits per heavy atom. The van der Waals surface area contributed by atoms with Crippen molar-refractivity contribution in [3.8, 4) is 11.4 Å². The molecule has 3 aromatic heterocycles. The van der Waals surface area contributed by atoms with E-state index in [4.69, 9.17) is 5.73 Å². The molecule has 0 unspecified atom stereocenters. The maximum absolute atomic E-state index is 5.98. The molecule has 0 aliphatic carbocycles. The van der Waals surface area contributed by atoms with Crippen LogP contribution in [0.3, 0.4) is 0 Å². The summed E-state index contributed by atoms with van der Waals surface area (Å²) in [5.74, 6) is 0.790. The van der Waals surface area contributed by atoms with Crippen LogP contribution in [0, 0.1) is 0 Å². The molecule has 6 heteroatoms. The third-order valence-corrected chi connectivity index (χ3v) is 3.06. The highest BCUT2D eigenvalue weighted by Gasteiger charge is 2.12. The lowest BCUT2D eigenvalue weighted by molar-refractivity contribution is 0.548. The van der Waals surface area contributed by atoms with Gasteiger partial charge in [0.25, 0.3) is 0 Å². The summed E-state index contributed by atoms with van der Waals surface area (Å²) >= 11 is 0. The SMILES string of the molecule is CC(C)(N)CNc1cccc(-c2[nH]nc3ncccc23)n1. The Morgan fingerprint density at radius 3 is 2.90 bits per heavy atom. The number of hydrogen-bond acceptors (Lipinski definition) is 5. The number of nitrogens with zero attached hydrogens (tertiary/aromatic N) is 3. The fourth-order valence-electron chi connectivity index (χ4n) is 2.04. The lowest BCUT2D eigenvalue weighted by Gasteiger charge is -2.19. The highest BCUT2D eigenvalue weighted by atomic mass is 15.2. The molecule has 0 fully saturated rings. The molecule has 0 bridgehead atoms. The number of pyridine rings is 2. The monoisotopic (exact) mass is 282 g/mol. The normalized spacial score (nSPS) is 11.8. The van der Waals surface area contributed by atoms with Gasteiger partial charge in [-0.1, -0.05) is 6.07 Å². The van der Waals surface area contributed by atoms with Crippen molar-refractivity contribution in [1.82, 2.24) is 20.2 Å². The van der Waals surface area contributed by atoms with Crippen LogP contribution in [0.2, 0.25) is 0 Å². The molecule has 3 heterocycles. The Bertz CT molecular complexity index is 756. The minimum absolute atomic E-state index is 0.289. The smallest absolute Gasteiger partial charge is 0.181 e. The third-order valence-electron chi connectivity index (χ3n) is 3.06. The number of H-pyrrole nitrogens is 1. The van der Waals surface area contributed by atoms with Crippen LogP contribution >= 0.6 is 0 Å². The number of aromatic amines is 1. The van der Waals surface area contributed by atoms with Crippen LogP contribution in [-0.4, -0.2) is 32.2 Å². The lowest BCUT2D eigenvalue weighted by atomic mass is 10.1. The standard InChI is InChI=1S/C15H18N6/c1-15(2,16)9-18-12-7-3-6-11(19-12)13-10-5-4-8-17-14(10)21-20-13/h3-8H,9,16H2,1-2H3,(H,18,19)(H,17,20,21). The van der Waals surface area contributed by atoms with E-state index in [1.807, 2.05) is 44.2 Å². The number of fused-ring (bicyclic) bond motifs is 1. The van der Waals surface area contributed by atoms with Crippen molar-refractivity contribution in [3.63, 3.8) is 0 Å². The van der Waals surface area contributed by atoms with E-state index in [9.17, 15) is 0 Å². The van der Waals surface area contributed by atoms with Gasteiger partial charge in [-0.05, 0) is 38.1 Å². The van der Waals surface area contributed by atoms with Gasteiger partial charge in [0.2, 0.25) is 0 Å². The molecular weight excluding hydrogens is 264 g/mol. The van der Waals surface area contributed by atoms with Crippen molar-refractivity contribution in [3.05, 3.63) is 36.5 Å². The summed E-state index contributed by atoms with van der Waals surface area (Å²) in [6, 6.07) is 9.69. The summed E-state index contributed by atoms with van der Waals surface area (Å²) in [5.41, 5.74) is 8.07. The largest absolute Gasteiger partial charge is 0.368 e. The second-order valence-corrected chi connectivity index (χ2v) is 5.72. The highest BCUT2D eigenvalue weighted by Crippen LogP contribution is 2.24. The first-order valence-electron chi connectivity index (χ1n) is 6.82. The summed E-state index contributed by atoms with van der Waals surface area (Å²) in [4.78, 5) is 8.82. The number of anilines is 1. The molecule has 0 radical (unpaired) electrons. The van der Waals surface area contributed by atoms with Crippen molar-refractivity contribution < 1.29 is 0 Å². The molecule has 6 nitrogen and oxygen atoms in total. The summed E-state index contributed by atoms with van der Waals surface area (Å²) in [5, 5.41) is 11.4. The first kappa shape index (κ1) is 13.5. The van der Waals surface area contributed by atoms with Gasteiger partial charge in [0, 0.05) is 23.7 Å². The highest BCUT2D eigenvalue weighted by molar-refractivity contribution is 5.89. The number of rotatable bonds is 4. The van der Waals surface area contributed by atoms with Gasteiger partial charge in [-0.25, -0.2) is 9.97 Å². The zero-order valence-corrected chi connectivity index (χ0v) is 12.1. The molecule has 4 N–H and O–H groups in total. The molecule has 108 valence electrons. The third kappa shape index (κ3) is 3.00. The van der Waals surface area contributed by atoms with Crippen LogP contribution in [0.1, 0.15) is 13.8 Å². The molecule has 21 heavy (non-hydrogen) atoms. The van der Waals surface area contributed by atoms with Gasteiger partial charge in [0.05, 0.1) is 11.4 Å². The Hall–Kier alpha value is -2.47. The predicted octanol–water partition coefficient (Wildman–Crippen LogP) is 2.17. The van der Waals surface area contributed by atoms with E-state index in [0.717, 1.165) is 22.6 Å². The number of hydrogen-bond donors (Lipinski definition) is 3. The van der Waals surface area contributed by atoms with Gasteiger partial charge in [0.15, 0.2) is 5.65 Å². The van der Waals surface area contributed by atoms with Gasteiger partial charge >= 0.3 is 0 Å². The van der Waals surface area contributed by atoms with Crippen LogP contribution < -0.4 is 11.1 Å². The number of aromatic nitrogens is 4. The van der Waals surface area contributed by atoms with Crippen molar-refractivity contribution >= 4 is 16.9 Å². The number of nitrogens with two attached hydrogens (primary N) is 1. The van der Waals surface area contributed by atoms with Crippen LogP contribution in [0.25, 0.3) is 22.4 Å². The van der Waals surface area contributed by atoms with Crippen molar-refractivity contribution in [2.45, 2.75) is 19.4 Å². The van der Waals surface area contributed by atoms with E-state index in [0.29, 0.717) is 12.2 Å². The molecule has 3 rings (SSSR count). The van der Waals surface area contributed by atoms with E-state index in [2.05, 4.69) is 25.5 Å². The molecule has 0 atom stereocenters. The minimum atomic E-state index is -0.289. The fourth-order valence-corrected chi connectivity index (χ4v) is 2.04. The van der Waals surface area contributed by atoms with Crippen LogP contribution in [0.5, 0.6) is 0 Å². The van der Waals surface area contributed by atoms with Gasteiger partial charge < -0.3 is 11.1 Å². The van der Waals surface area contributed by atoms with Gasteiger partial charge in [-0.2, -0.15) is 5.10 Å². The average molecular weight is 282 g/mol. The van der Waals surface area contributed by atoms with Crippen molar-refractivity contribution in [1.29, 1.82) is 0 Å². The van der Waals surface area contributed by atoms with Crippen LogP contribution in [0.15, 0.2) is 36.5 Å². The first-order chi connectivity index (χ1) is 10.0. The number of nitrogens with one attached hydrogen (secondary N) is 2. The Kier molecular flexibility index (Phi) is 3.31. The minimum Gasteiger partial charge on any atom is -0.368 e. The maximum Gasteiger partial charge on any atom is 0.181 e. The quantitative estimate of drug-likeness (QED) is 0.682. The van der Waals surface area contributed by atoms with E-state index < -0.39 is 0 Å². The molecule has 0 aliphatic heterocycles. The summed E-state index contributed by atoms with van der Waals surface area (Å²) in [7, 11) is 0. The van der Waals surface area contributed by atoms with E-state index in [1.165, 1.54) is 0 Å². The van der Waals surface area contributed by atoms with E-state index >= 15 is 0 Å². The molecule has 0 aliphatic rings. The second kappa shape index (κ2) is 5.14. The fraction of sp³-hybridized carbons (Fsp3) is 0.267. The maximum atomic E-state index is 5.98. The van der Waals surface area contributed by atoms with E-state index in [1.54, 1.807) is 6.20 Å². The van der Waals surface area contributed by atoms with Crippen LogP contribution in [0.4, 0.5) is 5.82 Å². The molecule has 0 saturated carbocycles. The lowest BCUT2D eigenvalue weighted by Crippen LogP contribution is -2.39. The average Bonchev–Trinajstić information content (AvgIpc) is 2.89. The molecule has 0 amide bonds.